The van der Waals surface area contributed by atoms with E-state index in [1.165, 1.54) is 6.92 Å². The van der Waals surface area contributed by atoms with Crippen LogP contribution in [-0.4, -0.2) is 44.2 Å². The first-order chi connectivity index (χ1) is 14.0. The lowest BCUT2D eigenvalue weighted by Crippen LogP contribution is -2.39. The quantitative estimate of drug-likeness (QED) is 0.824. The molecule has 152 valence electrons. The molecule has 2 aliphatic heterocycles. The average Bonchev–Trinajstić information content (AvgIpc) is 3.15. The van der Waals surface area contributed by atoms with Crippen molar-refractivity contribution in [3.8, 4) is 17.2 Å². The van der Waals surface area contributed by atoms with E-state index < -0.39 is 6.04 Å². The third-order valence-electron chi connectivity index (χ3n) is 5.12. The number of hydrogen-bond acceptors (Lipinski definition) is 6. The summed E-state index contributed by atoms with van der Waals surface area (Å²) in [5.74, 6) is 1.42. The molecule has 0 aliphatic carbocycles. The molecule has 4 rings (SSSR count). The van der Waals surface area contributed by atoms with Gasteiger partial charge in [0.2, 0.25) is 24.4 Å². The highest BCUT2D eigenvalue weighted by Gasteiger charge is 2.37. The number of hydrogen-bond donors (Lipinski definition) is 2. The van der Waals surface area contributed by atoms with Crippen LogP contribution in [0.25, 0.3) is 0 Å². The van der Waals surface area contributed by atoms with E-state index in [4.69, 9.17) is 14.2 Å². The van der Waals surface area contributed by atoms with Gasteiger partial charge in [0.05, 0.1) is 7.11 Å². The number of likely N-dealkylation sites (N-methyl/N-ethyl adjacent to an activating group) is 1. The first-order valence-corrected chi connectivity index (χ1v) is 9.36. The maximum atomic E-state index is 13.2. The van der Waals surface area contributed by atoms with Crippen LogP contribution in [0.3, 0.4) is 0 Å². The fraction of sp³-hybridized carbons (Fsp3) is 0.333. The van der Waals surface area contributed by atoms with E-state index in [2.05, 4.69) is 10.6 Å². The molecule has 1 unspecified atom stereocenters. The van der Waals surface area contributed by atoms with Crippen molar-refractivity contribution in [2.75, 3.05) is 38.1 Å². The zero-order valence-electron chi connectivity index (χ0n) is 16.6. The molecule has 8 heteroatoms. The lowest BCUT2D eigenvalue weighted by atomic mass is 9.90. The molecule has 2 N–H and O–H groups in total. The van der Waals surface area contributed by atoms with Crippen LogP contribution in [0.2, 0.25) is 0 Å². The summed E-state index contributed by atoms with van der Waals surface area (Å²) in [6, 6.07) is 8.41. The largest absolute Gasteiger partial charge is 0.492 e. The lowest BCUT2D eigenvalue weighted by molar-refractivity contribution is -0.121. The summed E-state index contributed by atoms with van der Waals surface area (Å²) in [7, 11) is 3.49. The fourth-order valence-corrected chi connectivity index (χ4v) is 3.81. The van der Waals surface area contributed by atoms with Crippen LogP contribution in [0.5, 0.6) is 17.2 Å². The van der Waals surface area contributed by atoms with Crippen LogP contribution in [0.4, 0.5) is 11.4 Å². The van der Waals surface area contributed by atoms with Crippen molar-refractivity contribution in [2.45, 2.75) is 19.4 Å². The lowest BCUT2D eigenvalue weighted by Gasteiger charge is -2.34. The Hall–Kier alpha value is -3.26. The van der Waals surface area contributed by atoms with Crippen LogP contribution in [0, 0.1) is 0 Å². The number of methoxy groups -OCH3 is 1. The van der Waals surface area contributed by atoms with Gasteiger partial charge in [-0.2, -0.15) is 0 Å². The van der Waals surface area contributed by atoms with Gasteiger partial charge in [0.15, 0.2) is 11.5 Å². The number of rotatable bonds is 4. The number of nitrogens with zero attached hydrogens (tertiary/aromatic N) is 1. The molecule has 2 aromatic carbocycles. The van der Waals surface area contributed by atoms with Crippen molar-refractivity contribution in [3.63, 3.8) is 0 Å². The van der Waals surface area contributed by atoms with Gasteiger partial charge in [-0.15, -0.1) is 0 Å². The Bertz CT molecular complexity index is 958. The van der Waals surface area contributed by atoms with Gasteiger partial charge in [-0.25, -0.2) is 0 Å². The van der Waals surface area contributed by atoms with Gasteiger partial charge in [-0.1, -0.05) is 0 Å². The number of nitrogens with one attached hydrogen (secondary N) is 2. The van der Waals surface area contributed by atoms with Gasteiger partial charge >= 0.3 is 0 Å². The molecule has 2 amide bonds. The number of benzene rings is 2. The standard InChI is InChI=1S/C21H23N3O5/c1-12(25)22-14-4-6-15(7-5-14)23-21(26)18-17-13(8-9-24(18)2)10-16-19(20(17)27-3)29-11-28-16/h4-7,10,18H,8-9,11H2,1-3H3,(H,22,25)(H,23,26). The summed E-state index contributed by atoms with van der Waals surface area (Å²) in [5.41, 5.74) is 3.14. The predicted molar refractivity (Wildman–Crippen MR) is 108 cm³/mol. The minimum absolute atomic E-state index is 0.141. The Morgan fingerprint density at radius 1 is 1.14 bits per heavy atom. The highest BCUT2D eigenvalue weighted by atomic mass is 16.7. The van der Waals surface area contributed by atoms with Crippen molar-refractivity contribution >= 4 is 23.2 Å². The second-order valence-electron chi connectivity index (χ2n) is 7.10. The van der Waals surface area contributed by atoms with Gasteiger partial charge in [0.25, 0.3) is 0 Å². The van der Waals surface area contributed by atoms with Gasteiger partial charge in [-0.05, 0) is 49.4 Å². The molecule has 2 aromatic rings. The zero-order chi connectivity index (χ0) is 20.5. The highest BCUT2D eigenvalue weighted by molar-refractivity contribution is 5.97. The van der Waals surface area contributed by atoms with Gasteiger partial charge < -0.3 is 24.8 Å². The molecule has 29 heavy (non-hydrogen) atoms. The molecular weight excluding hydrogens is 374 g/mol. The molecule has 1 atom stereocenters. The second-order valence-corrected chi connectivity index (χ2v) is 7.10. The van der Waals surface area contributed by atoms with Crippen molar-refractivity contribution in [3.05, 3.63) is 41.5 Å². The first-order valence-electron chi connectivity index (χ1n) is 9.36. The fourth-order valence-electron chi connectivity index (χ4n) is 3.81. The number of fused-ring (bicyclic) bond motifs is 2. The normalized spacial score (nSPS) is 17.4. The molecular formula is C21H23N3O5. The van der Waals surface area contributed by atoms with Crippen LogP contribution >= 0.6 is 0 Å². The third-order valence-corrected chi connectivity index (χ3v) is 5.12. The molecule has 0 aromatic heterocycles. The van der Waals surface area contributed by atoms with Crippen molar-refractivity contribution in [1.29, 1.82) is 0 Å². The Morgan fingerprint density at radius 2 is 1.83 bits per heavy atom. The number of ether oxygens (including phenoxy) is 3. The topological polar surface area (TPSA) is 89.1 Å². The molecule has 0 spiro atoms. The smallest absolute Gasteiger partial charge is 0.246 e. The molecule has 2 heterocycles. The zero-order valence-corrected chi connectivity index (χ0v) is 16.6. The first kappa shape index (κ1) is 19.1. The molecule has 0 saturated heterocycles. The van der Waals surface area contributed by atoms with Gasteiger partial charge in [0, 0.05) is 30.4 Å². The highest BCUT2D eigenvalue weighted by Crippen LogP contribution is 2.49. The van der Waals surface area contributed by atoms with Crippen LogP contribution in [0.15, 0.2) is 30.3 Å². The Morgan fingerprint density at radius 3 is 2.48 bits per heavy atom. The summed E-state index contributed by atoms with van der Waals surface area (Å²) < 4.78 is 16.7. The average molecular weight is 397 g/mol. The van der Waals surface area contributed by atoms with Crippen LogP contribution in [0.1, 0.15) is 24.1 Å². The van der Waals surface area contributed by atoms with Crippen molar-refractivity contribution in [2.24, 2.45) is 0 Å². The van der Waals surface area contributed by atoms with E-state index in [1.54, 1.807) is 31.4 Å². The number of carbonyl (C=O) groups excluding carboxylic acids is 2. The minimum atomic E-state index is -0.529. The van der Waals surface area contributed by atoms with Gasteiger partial charge in [-0.3, -0.25) is 14.5 Å². The minimum Gasteiger partial charge on any atom is -0.492 e. The number of anilines is 2. The van der Waals surface area contributed by atoms with Crippen molar-refractivity contribution < 1.29 is 23.8 Å². The molecule has 0 fully saturated rings. The maximum absolute atomic E-state index is 13.2. The summed E-state index contributed by atoms with van der Waals surface area (Å²) in [6.45, 7) is 2.32. The molecule has 2 aliphatic rings. The number of amides is 2. The van der Waals surface area contributed by atoms with E-state index in [1.807, 2.05) is 18.0 Å². The SMILES string of the molecule is COc1c2c(cc3c1C(C(=O)Nc1ccc(NC(C)=O)cc1)N(C)CC3)OCO2. The van der Waals surface area contributed by atoms with Crippen LogP contribution < -0.4 is 24.8 Å². The molecule has 0 saturated carbocycles. The third kappa shape index (κ3) is 3.58. The summed E-state index contributed by atoms with van der Waals surface area (Å²) in [5, 5.41) is 5.67. The Labute approximate surface area is 168 Å². The summed E-state index contributed by atoms with van der Waals surface area (Å²) in [4.78, 5) is 26.4. The van der Waals surface area contributed by atoms with E-state index in [0.717, 1.165) is 24.1 Å². The van der Waals surface area contributed by atoms with Gasteiger partial charge in [0.1, 0.15) is 6.04 Å². The Kier molecular flexibility index (Phi) is 5.02. The molecule has 0 bridgehead atoms. The summed E-state index contributed by atoms with van der Waals surface area (Å²) in [6.07, 6.45) is 0.786. The van der Waals surface area contributed by atoms with E-state index in [-0.39, 0.29) is 18.6 Å². The van der Waals surface area contributed by atoms with E-state index >= 15 is 0 Å². The molecule has 0 radical (unpaired) electrons. The van der Waals surface area contributed by atoms with E-state index in [0.29, 0.717) is 28.6 Å². The molecule has 8 nitrogen and oxygen atoms in total. The Balaban J connectivity index is 1.63. The van der Waals surface area contributed by atoms with Crippen LogP contribution in [-0.2, 0) is 16.0 Å². The second kappa shape index (κ2) is 7.63. The maximum Gasteiger partial charge on any atom is 0.246 e. The summed E-state index contributed by atoms with van der Waals surface area (Å²) >= 11 is 0. The predicted octanol–water partition coefficient (Wildman–Crippen LogP) is 2.55. The van der Waals surface area contributed by atoms with Crippen molar-refractivity contribution in [1.82, 2.24) is 4.90 Å². The number of carbonyl (C=O) groups is 2. The van der Waals surface area contributed by atoms with E-state index in [9.17, 15) is 9.59 Å². The monoisotopic (exact) mass is 397 g/mol.